The van der Waals surface area contributed by atoms with Crippen LogP contribution in [0.1, 0.15) is 27.2 Å². The minimum absolute atomic E-state index is 0.508. The summed E-state index contributed by atoms with van der Waals surface area (Å²) in [4.78, 5) is 0. The predicted octanol–water partition coefficient (Wildman–Crippen LogP) is 2.10. The van der Waals surface area contributed by atoms with Crippen molar-refractivity contribution in [1.29, 1.82) is 0 Å². The van der Waals surface area contributed by atoms with Crippen molar-refractivity contribution in [3.8, 4) is 0 Å². The average Bonchev–Trinajstić information content (AvgIpc) is 1.99. The largest absolute Gasteiger partial charge is 0.276 e. The molecule has 0 spiro atoms. The van der Waals surface area contributed by atoms with Crippen LogP contribution in [-0.4, -0.2) is 24.6 Å². The third-order valence-corrected chi connectivity index (χ3v) is 1.63. The Morgan fingerprint density at radius 2 is 2.00 bits per heavy atom. The van der Waals surface area contributed by atoms with Gasteiger partial charge in [0.05, 0.1) is 7.05 Å². The zero-order valence-corrected chi connectivity index (χ0v) is 7.33. The molecular weight excluding hydrogens is 126 g/mol. The first-order valence-corrected chi connectivity index (χ1v) is 3.82. The van der Waals surface area contributed by atoms with Crippen molar-refractivity contribution >= 4 is 0 Å². The van der Waals surface area contributed by atoms with Crippen molar-refractivity contribution in [1.82, 2.24) is 5.01 Å². The molecule has 3 nitrogen and oxygen atoms in total. The Hall–Kier alpha value is -0.600. The maximum absolute atomic E-state index is 3.97. The minimum atomic E-state index is 0.508. The molecule has 0 aromatic carbocycles. The van der Waals surface area contributed by atoms with E-state index in [-0.39, 0.29) is 0 Å². The van der Waals surface area contributed by atoms with Gasteiger partial charge in [-0.15, -0.1) is 0 Å². The van der Waals surface area contributed by atoms with Gasteiger partial charge in [-0.2, -0.15) is 5.11 Å². The SMILES string of the molecule is CCC(C)N(CC)/N=N\C. The Bertz CT molecular complexity index is 101. The standard InChI is InChI=1S/C7H17N3/c1-5-7(3)10(6-2)9-8-4/h7H,5-6H2,1-4H3/b9-8-. The molecule has 3 heteroatoms. The maximum atomic E-state index is 3.97. The molecule has 0 N–H and O–H groups in total. The van der Waals surface area contributed by atoms with Crippen LogP contribution in [-0.2, 0) is 0 Å². The molecule has 0 aliphatic heterocycles. The lowest BCUT2D eigenvalue weighted by molar-refractivity contribution is 0.208. The average molecular weight is 143 g/mol. The van der Waals surface area contributed by atoms with E-state index in [1.165, 1.54) is 0 Å². The summed E-state index contributed by atoms with van der Waals surface area (Å²) in [5.41, 5.74) is 0. The molecule has 1 unspecified atom stereocenters. The van der Waals surface area contributed by atoms with Crippen LogP contribution in [0.2, 0.25) is 0 Å². The van der Waals surface area contributed by atoms with Crippen LogP contribution < -0.4 is 0 Å². The fourth-order valence-corrected chi connectivity index (χ4v) is 0.789. The number of nitrogens with zero attached hydrogens (tertiary/aromatic N) is 3. The van der Waals surface area contributed by atoms with Gasteiger partial charge in [-0.05, 0) is 20.3 Å². The molecule has 0 radical (unpaired) electrons. The highest BCUT2D eigenvalue weighted by Crippen LogP contribution is 2.02. The number of hydrogen-bond acceptors (Lipinski definition) is 2. The van der Waals surface area contributed by atoms with Crippen LogP contribution in [0, 0.1) is 0 Å². The lowest BCUT2D eigenvalue weighted by Gasteiger charge is -2.21. The van der Waals surface area contributed by atoms with E-state index in [9.17, 15) is 0 Å². The van der Waals surface area contributed by atoms with Crippen molar-refractivity contribution in [3.05, 3.63) is 0 Å². The molecule has 0 aliphatic rings. The van der Waals surface area contributed by atoms with Gasteiger partial charge in [-0.3, -0.25) is 5.01 Å². The molecule has 60 valence electrons. The number of rotatable bonds is 4. The zero-order chi connectivity index (χ0) is 7.98. The summed E-state index contributed by atoms with van der Waals surface area (Å²) in [7, 11) is 1.70. The molecule has 0 saturated carbocycles. The monoisotopic (exact) mass is 143 g/mol. The Morgan fingerprint density at radius 1 is 1.40 bits per heavy atom. The highest BCUT2D eigenvalue weighted by atomic mass is 15.5. The van der Waals surface area contributed by atoms with E-state index in [0.717, 1.165) is 13.0 Å². The molecule has 0 aliphatic carbocycles. The van der Waals surface area contributed by atoms with Crippen LogP contribution in [0.3, 0.4) is 0 Å². The van der Waals surface area contributed by atoms with Crippen molar-refractivity contribution in [2.24, 2.45) is 10.3 Å². The Kier molecular flexibility index (Phi) is 4.89. The summed E-state index contributed by atoms with van der Waals surface area (Å²) >= 11 is 0. The van der Waals surface area contributed by atoms with Gasteiger partial charge in [0.1, 0.15) is 0 Å². The summed E-state index contributed by atoms with van der Waals surface area (Å²) < 4.78 is 0. The van der Waals surface area contributed by atoms with Gasteiger partial charge in [0.25, 0.3) is 0 Å². The van der Waals surface area contributed by atoms with Gasteiger partial charge in [0.2, 0.25) is 0 Å². The second-order valence-electron chi connectivity index (χ2n) is 2.30. The first kappa shape index (κ1) is 9.40. The number of hydrogen-bond donors (Lipinski definition) is 0. The van der Waals surface area contributed by atoms with E-state index in [1.807, 2.05) is 5.01 Å². The van der Waals surface area contributed by atoms with Crippen molar-refractivity contribution in [2.75, 3.05) is 13.6 Å². The Morgan fingerprint density at radius 3 is 2.30 bits per heavy atom. The van der Waals surface area contributed by atoms with Gasteiger partial charge in [0.15, 0.2) is 0 Å². The lowest BCUT2D eigenvalue weighted by atomic mass is 10.2. The quantitative estimate of drug-likeness (QED) is 0.437. The highest BCUT2D eigenvalue weighted by Gasteiger charge is 2.05. The van der Waals surface area contributed by atoms with Crippen LogP contribution >= 0.6 is 0 Å². The second-order valence-corrected chi connectivity index (χ2v) is 2.30. The molecule has 0 fully saturated rings. The molecule has 10 heavy (non-hydrogen) atoms. The van der Waals surface area contributed by atoms with Gasteiger partial charge in [-0.1, -0.05) is 12.1 Å². The first-order chi connectivity index (χ1) is 4.76. The Labute approximate surface area is 63.1 Å². The highest BCUT2D eigenvalue weighted by molar-refractivity contribution is 4.57. The molecular formula is C7H17N3. The summed E-state index contributed by atoms with van der Waals surface area (Å²) in [6.07, 6.45) is 1.12. The van der Waals surface area contributed by atoms with Gasteiger partial charge < -0.3 is 0 Å². The summed E-state index contributed by atoms with van der Waals surface area (Å²) in [6.45, 7) is 7.32. The summed E-state index contributed by atoms with van der Waals surface area (Å²) in [5.74, 6) is 0. The third kappa shape index (κ3) is 2.80. The van der Waals surface area contributed by atoms with Crippen LogP contribution in [0.25, 0.3) is 0 Å². The summed E-state index contributed by atoms with van der Waals surface area (Å²) in [5, 5.41) is 9.68. The Balaban J connectivity index is 3.79. The topological polar surface area (TPSA) is 28.0 Å². The minimum Gasteiger partial charge on any atom is -0.276 e. The molecule has 0 amide bonds. The van der Waals surface area contributed by atoms with E-state index in [0.29, 0.717) is 6.04 Å². The molecule has 0 aromatic rings. The maximum Gasteiger partial charge on any atom is 0.0509 e. The van der Waals surface area contributed by atoms with Gasteiger partial charge in [-0.25, -0.2) is 0 Å². The van der Waals surface area contributed by atoms with Crippen molar-refractivity contribution in [3.63, 3.8) is 0 Å². The molecule has 0 saturated heterocycles. The molecule has 1 atom stereocenters. The summed E-state index contributed by atoms with van der Waals surface area (Å²) in [6, 6.07) is 0.508. The van der Waals surface area contributed by atoms with E-state index in [1.54, 1.807) is 7.05 Å². The first-order valence-electron chi connectivity index (χ1n) is 3.82. The second kappa shape index (κ2) is 5.21. The van der Waals surface area contributed by atoms with Crippen LogP contribution in [0.15, 0.2) is 10.3 Å². The van der Waals surface area contributed by atoms with E-state index in [4.69, 9.17) is 0 Å². The zero-order valence-electron chi connectivity index (χ0n) is 7.33. The van der Waals surface area contributed by atoms with E-state index in [2.05, 4.69) is 31.1 Å². The molecule has 0 aromatic heterocycles. The van der Waals surface area contributed by atoms with Crippen molar-refractivity contribution < 1.29 is 0 Å². The van der Waals surface area contributed by atoms with Crippen LogP contribution in [0.5, 0.6) is 0 Å². The predicted molar refractivity (Wildman–Crippen MR) is 42.9 cm³/mol. The lowest BCUT2D eigenvalue weighted by Crippen LogP contribution is -2.26. The van der Waals surface area contributed by atoms with E-state index < -0.39 is 0 Å². The van der Waals surface area contributed by atoms with Crippen molar-refractivity contribution in [2.45, 2.75) is 33.2 Å². The van der Waals surface area contributed by atoms with Crippen LogP contribution in [0.4, 0.5) is 0 Å². The fraction of sp³-hybridized carbons (Fsp3) is 1.00. The fourth-order valence-electron chi connectivity index (χ4n) is 0.789. The molecule has 0 rings (SSSR count). The molecule has 0 bridgehead atoms. The van der Waals surface area contributed by atoms with Gasteiger partial charge in [0, 0.05) is 12.6 Å². The smallest absolute Gasteiger partial charge is 0.0509 e. The third-order valence-electron chi connectivity index (χ3n) is 1.63. The normalized spacial score (nSPS) is 14.0. The van der Waals surface area contributed by atoms with Gasteiger partial charge >= 0.3 is 0 Å². The van der Waals surface area contributed by atoms with E-state index >= 15 is 0 Å². The molecule has 0 heterocycles.